The summed E-state index contributed by atoms with van der Waals surface area (Å²) < 4.78 is 30.3. The Bertz CT molecular complexity index is 1630. The molecule has 5 rings (SSSR count). The number of amides is 1. The fourth-order valence-electron chi connectivity index (χ4n) is 6.83. The van der Waals surface area contributed by atoms with E-state index in [2.05, 4.69) is 28.4 Å². The van der Waals surface area contributed by atoms with Gasteiger partial charge in [0.2, 0.25) is 5.91 Å². The predicted molar refractivity (Wildman–Crippen MR) is 199 cm³/mol. The Morgan fingerprint density at radius 3 is 2.35 bits per heavy atom. The van der Waals surface area contributed by atoms with E-state index in [1.54, 1.807) is 50.3 Å². The van der Waals surface area contributed by atoms with Crippen LogP contribution in [0.15, 0.2) is 53.5 Å². The summed E-state index contributed by atoms with van der Waals surface area (Å²) >= 11 is 12.6. The molecule has 1 aliphatic carbocycles. The molecule has 1 amide bonds. The van der Waals surface area contributed by atoms with Crippen LogP contribution in [0.4, 0.5) is 0 Å². The number of hydrogen-bond acceptors (Lipinski definition) is 8. The number of likely N-dealkylation sites (tertiary alicyclic amines) is 1. The minimum Gasteiger partial charge on any atom is -0.491 e. The number of nitrogens with zero attached hydrogens (tertiary/aromatic N) is 2. The molecule has 3 aromatic rings. The van der Waals surface area contributed by atoms with Crippen molar-refractivity contribution in [3.63, 3.8) is 0 Å². The second-order valence-electron chi connectivity index (χ2n) is 13.5. The number of hydrogen-bond donors (Lipinski definition) is 1. The standard InChI is InChI=1S/C39H51Cl2N3O7/c1-27-19-34(40)37(35(41)20-27)51-16-6-12-44-13-10-30(24-36(44)45)39(49-4)11-14-43(26-33(39)38(46)42-31-8-9-31)25-29-21-28(7-5-15-47-2)22-32(23-29)50-18-17-48-3/h10,13,19-24,31,33H,5-9,11-12,14-18,25-26H2,1-4H3,(H,42,46). The summed E-state index contributed by atoms with van der Waals surface area (Å²) in [6.07, 6.45) is 6.64. The van der Waals surface area contributed by atoms with Gasteiger partial charge in [0, 0.05) is 72.4 Å². The number of nitrogens with one attached hydrogen (secondary N) is 1. The van der Waals surface area contributed by atoms with Crippen LogP contribution in [0.1, 0.15) is 54.4 Å². The van der Waals surface area contributed by atoms with E-state index in [9.17, 15) is 9.59 Å². The van der Waals surface area contributed by atoms with Crippen molar-refractivity contribution in [2.24, 2.45) is 5.92 Å². The lowest BCUT2D eigenvalue weighted by molar-refractivity contribution is -0.151. The first kappa shape index (κ1) is 39.1. The number of carbonyl (C=O) groups is 1. The van der Waals surface area contributed by atoms with Crippen LogP contribution in [0, 0.1) is 12.8 Å². The number of ether oxygens (including phenoxy) is 5. The zero-order chi connectivity index (χ0) is 36.4. The van der Waals surface area contributed by atoms with Crippen molar-refractivity contribution >= 4 is 29.1 Å². The number of carbonyl (C=O) groups excluding carboxylic acids is 1. The molecule has 12 heteroatoms. The van der Waals surface area contributed by atoms with E-state index in [0.29, 0.717) is 86.8 Å². The van der Waals surface area contributed by atoms with Crippen LogP contribution >= 0.6 is 23.2 Å². The van der Waals surface area contributed by atoms with Gasteiger partial charge in [-0.25, -0.2) is 0 Å². The predicted octanol–water partition coefficient (Wildman–Crippen LogP) is 6.18. The molecule has 1 aromatic heterocycles. The monoisotopic (exact) mass is 743 g/mol. The van der Waals surface area contributed by atoms with Crippen molar-refractivity contribution in [1.29, 1.82) is 0 Å². The lowest BCUT2D eigenvalue weighted by Crippen LogP contribution is -2.56. The summed E-state index contributed by atoms with van der Waals surface area (Å²) in [7, 11) is 5.01. The zero-order valence-corrected chi connectivity index (χ0v) is 31.7. The average molecular weight is 745 g/mol. The Hall–Kier alpha value is -3.12. The quantitative estimate of drug-likeness (QED) is 0.146. The minimum atomic E-state index is -0.952. The van der Waals surface area contributed by atoms with Gasteiger partial charge < -0.3 is 33.6 Å². The second-order valence-corrected chi connectivity index (χ2v) is 14.4. The zero-order valence-electron chi connectivity index (χ0n) is 30.2. The number of aromatic nitrogens is 1. The molecule has 0 radical (unpaired) electrons. The van der Waals surface area contributed by atoms with E-state index >= 15 is 0 Å². The van der Waals surface area contributed by atoms with Crippen LogP contribution < -0.4 is 20.3 Å². The summed E-state index contributed by atoms with van der Waals surface area (Å²) in [5.74, 6) is 0.682. The number of piperidine rings is 1. The lowest BCUT2D eigenvalue weighted by Gasteiger charge is -2.46. The third kappa shape index (κ3) is 10.5. The van der Waals surface area contributed by atoms with E-state index in [1.165, 1.54) is 5.56 Å². The topological polar surface area (TPSA) is 100 Å². The summed E-state index contributed by atoms with van der Waals surface area (Å²) in [5, 5.41) is 4.14. The van der Waals surface area contributed by atoms with Crippen LogP contribution in [-0.4, -0.2) is 82.3 Å². The van der Waals surface area contributed by atoms with Crippen molar-refractivity contribution in [3.05, 3.63) is 91.3 Å². The highest BCUT2D eigenvalue weighted by molar-refractivity contribution is 6.37. The molecule has 2 atom stereocenters. The van der Waals surface area contributed by atoms with E-state index in [4.69, 9.17) is 46.9 Å². The van der Waals surface area contributed by atoms with Crippen molar-refractivity contribution in [2.75, 3.05) is 60.8 Å². The number of pyridine rings is 1. The maximum atomic E-state index is 13.9. The molecule has 1 saturated carbocycles. The summed E-state index contributed by atoms with van der Waals surface area (Å²) in [5.41, 5.74) is 2.84. The highest BCUT2D eigenvalue weighted by atomic mass is 35.5. The molecular weight excluding hydrogens is 693 g/mol. The third-order valence-corrected chi connectivity index (χ3v) is 10.2. The van der Waals surface area contributed by atoms with E-state index < -0.39 is 11.5 Å². The molecule has 1 N–H and O–H groups in total. The third-order valence-electron chi connectivity index (χ3n) is 9.63. The number of halogens is 2. The Morgan fingerprint density at radius 1 is 0.922 bits per heavy atom. The fourth-order valence-corrected chi connectivity index (χ4v) is 7.53. The van der Waals surface area contributed by atoms with Crippen LogP contribution in [-0.2, 0) is 44.1 Å². The van der Waals surface area contributed by atoms with Crippen LogP contribution in [0.3, 0.4) is 0 Å². The first-order valence-corrected chi connectivity index (χ1v) is 18.5. The molecule has 2 heterocycles. The molecule has 1 saturated heterocycles. The van der Waals surface area contributed by atoms with Gasteiger partial charge in [-0.2, -0.15) is 0 Å². The van der Waals surface area contributed by atoms with E-state index in [-0.39, 0.29) is 17.5 Å². The van der Waals surface area contributed by atoms with E-state index in [0.717, 1.165) is 42.6 Å². The molecular formula is C39H51Cl2N3O7. The molecule has 2 aromatic carbocycles. The largest absolute Gasteiger partial charge is 0.491 e. The normalized spacial score (nSPS) is 19.2. The van der Waals surface area contributed by atoms with Crippen molar-refractivity contribution < 1.29 is 28.5 Å². The van der Waals surface area contributed by atoms with Gasteiger partial charge in [0.1, 0.15) is 18.0 Å². The summed E-state index contributed by atoms with van der Waals surface area (Å²) in [4.78, 5) is 29.7. The van der Waals surface area contributed by atoms with Gasteiger partial charge in [-0.05, 0) is 98.0 Å². The lowest BCUT2D eigenvalue weighted by atomic mass is 9.75. The number of aryl methyl sites for hydroxylation is 3. The molecule has 2 fully saturated rings. The minimum absolute atomic E-state index is 0.0456. The van der Waals surface area contributed by atoms with Gasteiger partial charge in [-0.1, -0.05) is 29.3 Å². The van der Waals surface area contributed by atoms with Gasteiger partial charge in [-0.15, -0.1) is 0 Å². The highest BCUT2D eigenvalue weighted by Gasteiger charge is 2.49. The number of rotatable bonds is 19. The molecule has 1 aliphatic heterocycles. The van der Waals surface area contributed by atoms with Crippen molar-refractivity contribution in [1.82, 2.24) is 14.8 Å². The molecule has 0 spiro atoms. The smallest absolute Gasteiger partial charge is 0.250 e. The molecule has 2 unspecified atom stereocenters. The first-order chi connectivity index (χ1) is 24.6. The Kier molecular flexibility index (Phi) is 14.2. The molecule has 0 bridgehead atoms. The van der Waals surface area contributed by atoms with Crippen molar-refractivity contribution in [3.8, 4) is 11.5 Å². The van der Waals surface area contributed by atoms with Crippen LogP contribution in [0.5, 0.6) is 11.5 Å². The SMILES string of the molecule is COCCCc1cc(CN2CCC(OC)(c3ccn(CCCOc4c(Cl)cc(C)cc4Cl)c(=O)c3)C(C(=O)NC3CC3)C2)cc(OCCOC)c1. The van der Waals surface area contributed by atoms with Crippen molar-refractivity contribution in [2.45, 2.75) is 70.2 Å². The second kappa shape index (κ2) is 18.6. The van der Waals surface area contributed by atoms with Gasteiger partial charge in [0.15, 0.2) is 5.75 Å². The Balaban J connectivity index is 1.30. The van der Waals surface area contributed by atoms with Gasteiger partial charge >= 0.3 is 0 Å². The Morgan fingerprint density at radius 2 is 1.67 bits per heavy atom. The molecule has 10 nitrogen and oxygen atoms in total. The molecule has 51 heavy (non-hydrogen) atoms. The highest BCUT2D eigenvalue weighted by Crippen LogP contribution is 2.41. The maximum Gasteiger partial charge on any atom is 0.250 e. The van der Waals surface area contributed by atoms with Gasteiger partial charge in [0.05, 0.1) is 29.2 Å². The van der Waals surface area contributed by atoms with E-state index in [1.807, 2.05) is 13.0 Å². The Labute approximate surface area is 311 Å². The van der Waals surface area contributed by atoms with Crippen LogP contribution in [0.25, 0.3) is 0 Å². The fraction of sp³-hybridized carbons (Fsp3) is 0.538. The first-order valence-electron chi connectivity index (χ1n) is 17.8. The van der Waals surface area contributed by atoms with Gasteiger partial charge in [0.25, 0.3) is 5.56 Å². The number of benzene rings is 2. The van der Waals surface area contributed by atoms with Gasteiger partial charge in [-0.3, -0.25) is 14.5 Å². The molecule has 278 valence electrons. The van der Waals surface area contributed by atoms with Crippen LogP contribution in [0.2, 0.25) is 10.0 Å². The summed E-state index contributed by atoms with van der Waals surface area (Å²) in [6.45, 7) is 6.16. The maximum absolute atomic E-state index is 13.9. The average Bonchev–Trinajstić information content (AvgIpc) is 3.92. The number of methoxy groups -OCH3 is 3. The molecule has 2 aliphatic rings. The summed E-state index contributed by atoms with van der Waals surface area (Å²) in [6, 6.07) is 13.7.